The number of nitrogens with zero attached hydrogens (tertiary/aromatic N) is 5. The van der Waals surface area contributed by atoms with Gasteiger partial charge in [-0.25, -0.2) is 0 Å². The van der Waals surface area contributed by atoms with E-state index in [-0.39, 0.29) is 12.4 Å². The first-order valence-electron chi connectivity index (χ1n) is 7.64. The van der Waals surface area contributed by atoms with Gasteiger partial charge in [0.1, 0.15) is 11.7 Å². The Hall–Kier alpha value is -2.40. The molecule has 0 bridgehead atoms. The summed E-state index contributed by atoms with van der Waals surface area (Å²) in [6, 6.07) is 6.13. The van der Waals surface area contributed by atoms with Gasteiger partial charge in [0.15, 0.2) is 6.17 Å². The molecular weight excluding hydrogens is 344 g/mol. The summed E-state index contributed by atoms with van der Waals surface area (Å²) in [5, 5.41) is 36.7. The number of hydrogen-bond donors (Lipinski definition) is 1. The number of rotatable bonds is 6. The van der Waals surface area contributed by atoms with Crippen LogP contribution >= 0.6 is 11.3 Å². The summed E-state index contributed by atoms with van der Waals surface area (Å²) in [4.78, 5) is 12.4. The second-order valence-corrected chi connectivity index (χ2v) is 6.95. The molecule has 2 aromatic rings. The molecule has 0 amide bonds. The van der Waals surface area contributed by atoms with Crippen molar-refractivity contribution in [3.8, 4) is 0 Å². The fourth-order valence-electron chi connectivity index (χ4n) is 2.79. The first-order chi connectivity index (χ1) is 11.9. The highest BCUT2D eigenvalue weighted by Gasteiger charge is 2.42. The average Bonchev–Trinajstić information content (AvgIpc) is 3.14. The van der Waals surface area contributed by atoms with Crippen molar-refractivity contribution in [2.45, 2.75) is 12.6 Å². The molecule has 2 heterocycles. The number of hydrogen-bond acceptors (Lipinski definition) is 8. The topological polar surface area (TPSA) is 107 Å². The molecule has 2 atom stereocenters. The number of hydroxylamine groups is 2. The van der Waals surface area contributed by atoms with E-state index in [1.165, 1.54) is 23.5 Å². The molecule has 1 fully saturated rings. The Labute approximate surface area is 148 Å². The van der Waals surface area contributed by atoms with Crippen LogP contribution in [0.3, 0.4) is 0 Å². The van der Waals surface area contributed by atoms with Gasteiger partial charge < -0.3 is 10.5 Å². The maximum Gasteiger partial charge on any atom is 0.309 e. The Bertz CT molecular complexity index is 797. The molecule has 0 radical (unpaired) electrons. The number of nitro groups is 1. The minimum atomic E-state index is -0.687. The fourth-order valence-corrected chi connectivity index (χ4v) is 3.71. The molecule has 0 saturated carbocycles. The number of allylic oxidation sites excluding steroid dienone is 1. The SMILES string of the molecule is C=CCc1nnc([N+]2([O-])CN(C)CC2Nc2cccc([N+](=O)[O-])c2)s1. The number of nitro benzene ring substituents is 1. The molecule has 1 aromatic carbocycles. The van der Waals surface area contributed by atoms with E-state index in [9.17, 15) is 15.3 Å². The molecule has 0 spiro atoms. The monoisotopic (exact) mass is 362 g/mol. The lowest BCUT2D eigenvalue weighted by atomic mass is 10.2. The minimum absolute atomic E-state index is 0.0236. The van der Waals surface area contributed by atoms with Gasteiger partial charge in [-0.3, -0.25) is 19.7 Å². The maximum atomic E-state index is 13.5. The van der Waals surface area contributed by atoms with Gasteiger partial charge in [0.2, 0.25) is 0 Å². The molecule has 132 valence electrons. The zero-order valence-electron chi connectivity index (χ0n) is 13.7. The van der Waals surface area contributed by atoms with Crippen molar-refractivity contribution in [2.24, 2.45) is 0 Å². The van der Waals surface area contributed by atoms with Gasteiger partial charge in [0, 0.05) is 24.2 Å². The quantitative estimate of drug-likeness (QED) is 0.276. The van der Waals surface area contributed by atoms with E-state index in [0.717, 1.165) is 5.01 Å². The molecule has 25 heavy (non-hydrogen) atoms. The van der Waals surface area contributed by atoms with Gasteiger partial charge in [-0.1, -0.05) is 17.2 Å². The highest BCUT2D eigenvalue weighted by Crippen LogP contribution is 2.34. The van der Waals surface area contributed by atoms with E-state index < -0.39 is 15.7 Å². The lowest BCUT2D eigenvalue weighted by Gasteiger charge is -2.39. The maximum absolute atomic E-state index is 13.5. The smallest absolute Gasteiger partial charge is 0.309 e. The van der Waals surface area contributed by atoms with Crippen LogP contribution in [0.1, 0.15) is 5.01 Å². The van der Waals surface area contributed by atoms with Gasteiger partial charge in [0.05, 0.1) is 11.5 Å². The number of nitrogens with one attached hydrogen (secondary N) is 1. The second-order valence-electron chi connectivity index (χ2n) is 5.91. The summed E-state index contributed by atoms with van der Waals surface area (Å²) >= 11 is 1.27. The van der Waals surface area contributed by atoms with Crippen LogP contribution in [-0.4, -0.2) is 46.4 Å². The predicted octanol–water partition coefficient (Wildman–Crippen LogP) is 2.32. The van der Waals surface area contributed by atoms with Crippen molar-refractivity contribution in [3.05, 3.63) is 57.2 Å². The largest absolute Gasteiger partial charge is 0.623 e. The molecule has 1 aliphatic heterocycles. The molecule has 0 aliphatic carbocycles. The van der Waals surface area contributed by atoms with Crippen molar-refractivity contribution in [2.75, 3.05) is 25.6 Å². The molecule has 1 N–H and O–H groups in total. The third-order valence-electron chi connectivity index (χ3n) is 3.93. The summed E-state index contributed by atoms with van der Waals surface area (Å²) in [5.74, 6) is 0. The Morgan fingerprint density at radius 1 is 1.56 bits per heavy atom. The summed E-state index contributed by atoms with van der Waals surface area (Å²) in [5.41, 5.74) is 0.508. The zero-order valence-corrected chi connectivity index (χ0v) is 14.5. The predicted molar refractivity (Wildman–Crippen MR) is 97.0 cm³/mol. The zero-order chi connectivity index (χ0) is 18.0. The Morgan fingerprint density at radius 3 is 3.08 bits per heavy atom. The lowest BCUT2D eigenvalue weighted by Crippen LogP contribution is -2.52. The number of quaternary nitrogens is 1. The summed E-state index contributed by atoms with van der Waals surface area (Å²) in [6.45, 7) is 4.39. The lowest BCUT2D eigenvalue weighted by molar-refractivity contribution is -0.384. The highest BCUT2D eigenvalue weighted by atomic mass is 32.1. The van der Waals surface area contributed by atoms with E-state index in [0.29, 0.717) is 23.8 Å². The highest BCUT2D eigenvalue weighted by molar-refractivity contribution is 7.15. The van der Waals surface area contributed by atoms with Crippen molar-refractivity contribution >= 4 is 27.8 Å². The van der Waals surface area contributed by atoms with Crippen LogP contribution in [0.4, 0.5) is 16.5 Å². The molecule has 2 unspecified atom stereocenters. The molecular formula is C15H18N6O3S. The van der Waals surface area contributed by atoms with Crippen LogP contribution in [0.2, 0.25) is 0 Å². The van der Waals surface area contributed by atoms with E-state index in [2.05, 4.69) is 22.1 Å². The molecule has 3 rings (SSSR count). The number of non-ortho nitro benzene ring substituents is 1. The normalized spacial score (nSPS) is 23.5. The number of likely N-dealkylation sites (N-methyl/N-ethyl adjacent to an activating group) is 1. The number of aromatic nitrogens is 2. The van der Waals surface area contributed by atoms with Crippen LogP contribution in [0.5, 0.6) is 0 Å². The van der Waals surface area contributed by atoms with Gasteiger partial charge in [-0.2, -0.15) is 0 Å². The van der Waals surface area contributed by atoms with Crippen LogP contribution in [0.25, 0.3) is 0 Å². The van der Waals surface area contributed by atoms with E-state index >= 15 is 0 Å². The van der Waals surface area contributed by atoms with Crippen molar-refractivity contribution in [3.63, 3.8) is 0 Å². The van der Waals surface area contributed by atoms with Gasteiger partial charge >= 0.3 is 5.13 Å². The van der Waals surface area contributed by atoms with E-state index in [1.807, 2.05) is 11.9 Å². The first kappa shape index (κ1) is 17.4. The molecule has 1 saturated heterocycles. The molecule has 10 heteroatoms. The Morgan fingerprint density at radius 2 is 2.36 bits per heavy atom. The average molecular weight is 362 g/mol. The van der Waals surface area contributed by atoms with Crippen LogP contribution < -0.4 is 9.96 Å². The van der Waals surface area contributed by atoms with E-state index in [1.54, 1.807) is 18.2 Å². The second kappa shape index (κ2) is 6.84. The number of benzene rings is 1. The third kappa shape index (κ3) is 3.51. The van der Waals surface area contributed by atoms with Crippen LogP contribution in [-0.2, 0) is 6.42 Å². The van der Waals surface area contributed by atoms with Crippen molar-refractivity contribution in [1.82, 2.24) is 19.7 Å². The fraction of sp³-hybridized carbons (Fsp3) is 0.333. The van der Waals surface area contributed by atoms with Crippen LogP contribution in [0.15, 0.2) is 36.9 Å². The van der Waals surface area contributed by atoms with Crippen LogP contribution in [0, 0.1) is 15.3 Å². The van der Waals surface area contributed by atoms with Gasteiger partial charge in [0.25, 0.3) is 5.69 Å². The van der Waals surface area contributed by atoms with Gasteiger partial charge in [-0.05, 0) is 24.5 Å². The summed E-state index contributed by atoms with van der Waals surface area (Å²) < 4.78 is -0.687. The van der Waals surface area contributed by atoms with Crippen molar-refractivity contribution in [1.29, 1.82) is 0 Å². The molecule has 1 aliphatic rings. The van der Waals surface area contributed by atoms with Gasteiger partial charge in [-0.15, -0.1) is 11.7 Å². The summed E-state index contributed by atoms with van der Waals surface area (Å²) in [6.07, 6.45) is 1.75. The number of anilines is 1. The van der Waals surface area contributed by atoms with E-state index in [4.69, 9.17) is 0 Å². The third-order valence-corrected chi connectivity index (χ3v) is 4.99. The Balaban J connectivity index is 1.87. The standard InChI is InChI=1S/C15H18N6O3S/c1-3-5-14-17-18-15(25-14)21(24)10-19(2)9-13(21)16-11-6-4-7-12(8-11)20(22)23/h3-4,6-8,13,16H,1,5,9-10H2,2H3. The minimum Gasteiger partial charge on any atom is -0.623 e. The molecule has 1 aromatic heterocycles. The Kier molecular flexibility index (Phi) is 4.77. The van der Waals surface area contributed by atoms with Crippen molar-refractivity contribution < 1.29 is 4.92 Å². The first-order valence-corrected chi connectivity index (χ1v) is 8.46. The molecule has 9 nitrogen and oxygen atoms in total. The summed E-state index contributed by atoms with van der Waals surface area (Å²) in [7, 11) is 1.85.